The minimum atomic E-state index is -3.70. The highest BCUT2D eigenvalue weighted by atomic mass is 32.2. The number of sulfonamides is 1. The summed E-state index contributed by atoms with van der Waals surface area (Å²) in [6.45, 7) is 5.44. The van der Waals surface area contributed by atoms with Gasteiger partial charge in [0, 0.05) is 31.7 Å². The van der Waals surface area contributed by atoms with Crippen molar-refractivity contribution in [3.63, 3.8) is 0 Å². The Morgan fingerprint density at radius 2 is 1.58 bits per heavy atom. The zero-order valence-corrected chi connectivity index (χ0v) is 15.9. The first-order valence-corrected chi connectivity index (χ1v) is 10.1. The van der Waals surface area contributed by atoms with Gasteiger partial charge in [-0.3, -0.25) is 0 Å². The molecule has 2 aromatic rings. The van der Waals surface area contributed by atoms with Gasteiger partial charge in [-0.05, 0) is 31.7 Å². The fourth-order valence-electron chi connectivity index (χ4n) is 2.90. The quantitative estimate of drug-likeness (QED) is 0.506. The van der Waals surface area contributed by atoms with Gasteiger partial charge in [0.25, 0.3) is 10.0 Å². The molecule has 0 spiro atoms. The van der Waals surface area contributed by atoms with Crippen LogP contribution in [0.5, 0.6) is 0 Å². The van der Waals surface area contributed by atoms with Gasteiger partial charge in [0.05, 0.1) is 4.90 Å². The van der Waals surface area contributed by atoms with Crippen molar-refractivity contribution in [1.82, 2.24) is 14.6 Å². The molecule has 1 aliphatic heterocycles. The summed E-state index contributed by atoms with van der Waals surface area (Å²) < 4.78 is 25.1. The highest BCUT2D eigenvalue weighted by molar-refractivity contribution is 7.89. The molecule has 1 saturated heterocycles. The van der Waals surface area contributed by atoms with E-state index in [9.17, 15) is 8.42 Å². The highest BCUT2D eigenvalue weighted by Crippen LogP contribution is 2.14. The van der Waals surface area contributed by atoms with Crippen LogP contribution in [0.1, 0.15) is 11.1 Å². The van der Waals surface area contributed by atoms with Gasteiger partial charge in [-0.25, -0.2) is 0 Å². The molecule has 3 rings (SSSR count). The number of hydrazone groups is 1. The lowest BCUT2D eigenvalue weighted by Gasteiger charge is -2.34. The Labute approximate surface area is 155 Å². The number of nitrogens with zero attached hydrogens (tertiary/aromatic N) is 3. The van der Waals surface area contributed by atoms with Gasteiger partial charge in [0.2, 0.25) is 0 Å². The van der Waals surface area contributed by atoms with Gasteiger partial charge < -0.3 is 9.80 Å². The molecule has 138 valence electrons. The molecule has 0 atom stereocenters. The third-order valence-electron chi connectivity index (χ3n) is 4.51. The van der Waals surface area contributed by atoms with Crippen molar-refractivity contribution >= 4 is 15.9 Å². The Morgan fingerprint density at radius 3 is 2.23 bits per heavy atom. The van der Waals surface area contributed by atoms with Crippen LogP contribution in [0.15, 0.2) is 64.6 Å². The van der Waals surface area contributed by atoms with Gasteiger partial charge in [-0.2, -0.15) is 13.2 Å². The normalized spacial score (nSPS) is 16.5. The summed E-state index contributed by atoms with van der Waals surface area (Å²) in [6.07, 6.45) is 0. The van der Waals surface area contributed by atoms with Crippen molar-refractivity contribution in [2.45, 2.75) is 11.8 Å². The van der Waals surface area contributed by atoms with E-state index in [1.165, 1.54) is 0 Å². The molecule has 0 aliphatic carbocycles. The summed E-state index contributed by atoms with van der Waals surface area (Å²) in [5.74, 6) is 0.663. The van der Waals surface area contributed by atoms with E-state index < -0.39 is 10.0 Å². The molecular weight excluding hydrogens is 348 g/mol. The molecule has 2 aromatic carbocycles. The van der Waals surface area contributed by atoms with Crippen LogP contribution in [-0.2, 0) is 10.0 Å². The lowest BCUT2D eigenvalue weighted by Crippen LogP contribution is -2.48. The molecule has 0 aromatic heterocycles. The number of piperazine rings is 1. The molecule has 0 bridgehead atoms. The van der Waals surface area contributed by atoms with Crippen LogP contribution >= 0.6 is 0 Å². The monoisotopic (exact) mass is 372 g/mol. The van der Waals surface area contributed by atoms with Gasteiger partial charge in [-0.15, -0.1) is 5.10 Å². The van der Waals surface area contributed by atoms with Gasteiger partial charge in [0.1, 0.15) is 0 Å². The van der Waals surface area contributed by atoms with Crippen LogP contribution in [0.4, 0.5) is 0 Å². The van der Waals surface area contributed by atoms with E-state index in [1.807, 2.05) is 31.2 Å². The molecule has 7 heteroatoms. The van der Waals surface area contributed by atoms with Crippen LogP contribution in [0.25, 0.3) is 0 Å². The van der Waals surface area contributed by atoms with Gasteiger partial charge >= 0.3 is 0 Å². The number of nitrogens with one attached hydrogen (secondary N) is 1. The Kier molecular flexibility index (Phi) is 5.58. The van der Waals surface area contributed by atoms with Crippen LogP contribution < -0.4 is 4.83 Å². The van der Waals surface area contributed by atoms with Crippen molar-refractivity contribution in [2.24, 2.45) is 5.10 Å². The number of rotatable bonds is 4. The first kappa shape index (κ1) is 18.4. The van der Waals surface area contributed by atoms with E-state index in [1.54, 1.807) is 30.3 Å². The van der Waals surface area contributed by atoms with Crippen molar-refractivity contribution in [3.05, 3.63) is 65.7 Å². The summed E-state index contributed by atoms with van der Waals surface area (Å²) in [6, 6.07) is 16.2. The predicted octanol–water partition coefficient (Wildman–Crippen LogP) is 1.88. The number of benzene rings is 2. The highest BCUT2D eigenvalue weighted by Gasteiger charge is 2.21. The molecule has 1 heterocycles. The van der Waals surface area contributed by atoms with Crippen molar-refractivity contribution in [2.75, 3.05) is 33.2 Å². The number of amidine groups is 1. The average molecular weight is 372 g/mol. The lowest BCUT2D eigenvalue weighted by atomic mass is 10.1. The van der Waals surface area contributed by atoms with Crippen molar-refractivity contribution in [3.8, 4) is 0 Å². The maximum Gasteiger partial charge on any atom is 0.276 e. The molecule has 1 fully saturated rings. The second-order valence-electron chi connectivity index (χ2n) is 6.45. The summed E-state index contributed by atoms with van der Waals surface area (Å²) in [4.78, 5) is 7.00. The first-order chi connectivity index (χ1) is 12.5. The molecule has 0 radical (unpaired) electrons. The lowest BCUT2D eigenvalue weighted by molar-refractivity contribution is 0.215. The largest absolute Gasteiger partial charge is 0.352 e. The fraction of sp³-hybridized carbons (Fsp3) is 0.316. The summed E-state index contributed by atoms with van der Waals surface area (Å²) in [7, 11) is -1.62. The van der Waals surface area contributed by atoms with E-state index >= 15 is 0 Å². The third-order valence-corrected chi connectivity index (χ3v) is 5.74. The Balaban J connectivity index is 1.93. The van der Waals surface area contributed by atoms with Gasteiger partial charge in [0.15, 0.2) is 5.84 Å². The zero-order valence-electron chi connectivity index (χ0n) is 15.1. The zero-order chi connectivity index (χ0) is 18.6. The topological polar surface area (TPSA) is 65.0 Å². The average Bonchev–Trinajstić information content (AvgIpc) is 2.65. The maximum atomic E-state index is 12.5. The number of hydrogen-bond acceptors (Lipinski definition) is 4. The summed E-state index contributed by atoms with van der Waals surface area (Å²) in [5, 5.41) is 4.34. The van der Waals surface area contributed by atoms with E-state index in [0.717, 1.165) is 37.3 Å². The molecule has 26 heavy (non-hydrogen) atoms. The minimum absolute atomic E-state index is 0.200. The van der Waals surface area contributed by atoms with Crippen LogP contribution in [0.2, 0.25) is 0 Å². The van der Waals surface area contributed by atoms with Crippen LogP contribution in [-0.4, -0.2) is 57.3 Å². The van der Waals surface area contributed by atoms with E-state index in [4.69, 9.17) is 0 Å². The van der Waals surface area contributed by atoms with Crippen molar-refractivity contribution in [1.29, 1.82) is 0 Å². The molecule has 1 N–H and O–H groups in total. The van der Waals surface area contributed by atoms with Gasteiger partial charge in [-0.1, -0.05) is 42.5 Å². The first-order valence-electron chi connectivity index (χ1n) is 8.61. The fourth-order valence-corrected chi connectivity index (χ4v) is 3.73. The van der Waals surface area contributed by atoms with Crippen LogP contribution in [0, 0.1) is 6.92 Å². The molecule has 0 unspecified atom stereocenters. The maximum absolute atomic E-state index is 12.5. The third kappa shape index (κ3) is 4.23. The van der Waals surface area contributed by atoms with E-state index in [-0.39, 0.29) is 4.90 Å². The molecule has 0 saturated carbocycles. The smallest absolute Gasteiger partial charge is 0.276 e. The van der Waals surface area contributed by atoms with E-state index in [0.29, 0.717) is 5.84 Å². The SMILES string of the molecule is Cc1ccccc1/C(=N/NS(=O)(=O)c1ccccc1)N1CCN(C)CC1. The summed E-state index contributed by atoms with van der Waals surface area (Å²) >= 11 is 0. The van der Waals surface area contributed by atoms with E-state index in [2.05, 4.69) is 26.8 Å². The molecule has 0 amide bonds. The number of aryl methyl sites for hydroxylation is 1. The standard InChI is InChI=1S/C19H24N4O2S/c1-16-8-6-7-11-18(16)19(23-14-12-22(2)13-15-23)20-21-26(24,25)17-9-4-3-5-10-17/h3-11,21H,12-15H2,1-2H3/b20-19-. The minimum Gasteiger partial charge on any atom is -0.352 e. The molecule has 6 nitrogen and oxygen atoms in total. The number of hydrogen-bond donors (Lipinski definition) is 1. The second kappa shape index (κ2) is 7.88. The molecule has 1 aliphatic rings. The Bertz CT molecular complexity index is 873. The van der Waals surface area contributed by atoms with Crippen molar-refractivity contribution < 1.29 is 8.42 Å². The Hall–Kier alpha value is -2.38. The second-order valence-corrected chi connectivity index (χ2v) is 8.11. The molecular formula is C19H24N4O2S. The van der Waals surface area contributed by atoms with Crippen LogP contribution in [0.3, 0.4) is 0 Å². The Morgan fingerprint density at radius 1 is 0.962 bits per heavy atom. The predicted molar refractivity (Wildman–Crippen MR) is 104 cm³/mol. The number of likely N-dealkylation sites (N-methyl/N-ethyl adjacent to an activating group) is 1. The summed E-state index contributed by atoms with van der Waals surface area (Å²) in [5.41, 5.74) is 2.00.